The zero-order valence-electron chi connectivity index (χ0n) is 4.65. The molecule has 0 saturated heterocycles. The van der Waals surface area contributed by atoms with Crippen LogP contribution in [-0.2, 0) is 0 Å². The number of hydrogen-bond donors (Lipinski definition) is 0. The van der Waals surface area contributed by atoms with Crippen molar-refractivity contribution < 1.29 is 1.37 Å². The first-order valence-electron chi connectivity index (χ1n) is 2.72. The number of allylic oxidation sites excluding steroid dienone is 4. The van der Waals surface area contributed by atoms with Gasteiger partial charge in [0.25, 0.3) is 0 Å². The molecule has 1 aliphatic carbocycles. The fraction of sp³-hybridized carbons (Fsp3) is 0.333. The molecule has 0 aromatic carbocycles. The minimum atomic E-state index is 0.752. The standard InChI is InChI=1S/C6H8/c1-2-4-6-5-3-1/h1-4H,5-6H2/i3D. The first kappa shape index (κ1) is 2.62. The monoisotopic (exact) mass is 81.1 g/mol. The molecule has 0 heteroatoms. The van der Waals surface area contributed by atoms with E-state index in [9.17, 15) is 0 Å². The van der Waals surface area contributed by atoms with E-state index in [1.807, 2.05) is 12.2 Å². The summed E-state index contributed by atoms with van der Waals surface area (Å²) >= 11 is 0. The van der Waals surface area contributed by atoms with Gasteiger partial charge in [-0.25, -0.2) is 0 Å². The Morgan fingerprint density at radius 1 is 1.33 bits per heavy atom. The Bertz CT molecular complexity index is 111. The topological polar surface area (TPSA) is 0 Å². The van der Waals surface area contributed by atoms with Crippen LogP contribution in [0, 0.1) is 0 Å². The fourth-order valence-electron chi connectivity index (χ4n) is 0.482. The van der Waals surface area contributed by atoms with Crippen molar-refractivity contribution in [1.29, 1.82) is 0 Å². The molecule has 0 heterocycles. The van der Waals surface area contributed by atoms with Gasteiger partial charge in [0, 0.05) is 0 Å². The molecule has 0 aromatic rings. The van der Waals surface area contributed by atoms with Gasteiger partial charge in [-0.05, 0) is 12.8 Å². The van der Waals surface area contributed by atoms with E-state index in [4.69, 9.17) is 1.37 Å². The minimum Gasteiger partial charge on any atom is -0.0842 e. The lowest BCUT2D eigenvalue weighted by atomic mass is 10.2. The quantitative estimate of drug-likeness (QED) is 0.417. The second-order valence-corrected chi connectivity index (χ2v) is 1.34. The van der Waals surface area contributed by atoms with Crippen LogP contribution in [0.2, 0.25) is 0 Å². The van der Waals surface area contributed by atoms with Gasteiger partial charge in [0.1, 0.15) is 0 Å². The third-order valence-electron chi connectivity index (χ3n) is 0.806. The number of hydrogen-bond acceptors (Lipinski definition) is 0. The molecule has 32 valence electrons. The third kappa shape index (κ3) is 0.713. The lowest BCUT2D eigenvalue weighted by molar-refractivity contribution is 1.04. The van der Waals surface area contributed by atoms with Gasteiger partial charge >= 0.3 is 0 Å². The predicted molar refractivity (Wildman–Crippen MR) is 27.5 cm³/mol. The van der Waals surface area contributed by atoms with E-state index in [0.29, 0.717) is 0 Å². The summed E-state index contributed by atoms with van der Waals surface area (Å²) < 4.78 is 7.08. The average Bonchev–Trinajstić information content (AvgIpc) is 1.69. The lowest BCUT2D eigenvalue weighted by Crippen LogP contribution is -1.67. The van der Waals surface area contributed by atoms with Crippen LogP contribution in [-0.4, -0.2) is 0 Å². The van der Waals surface area contributed by atoms with E-state index in [1.165, 1.54) is 0 Å². The number of rotatable bonds is 0. The van der Waals surface area contributed by atoms with Gasteiger partial charge in [-0.1, -0.05) is 24.3 Å². The second-order valence-electron chi connectivity index (χ2n) is 1.34. The van der Waals surface area contributed by atoms with Crippen molar-refractivity contribution in [3.63, 3.8) is 0 Å². The highest BCUT2D eigenvalue weighted by Crippen LogP contribution is 1.98. The molecule has 0 bridgehead atoms. The Kier molecular flexibility index (Phi) is 0.789. The maximum atomic E-state index is 7.08. The average molecular weight is 81.1 g/mol. The first-order chi connectivity index (χ1) is 3.39. The SMILES string of the molecule is [2H]C1=CC=CCC1. The zero-order chi connectivity index (χ0) is 5.11. The molecule has 1 rings (SSSR count). The molecule has 0 aliphatic heterocycles. The summed E-state index contributed by atoms with van der Waals surface area (Å²) in [6.45, 7) is 0. The smallest absolute Gasteiger partial charge is 0.0576 e. The molecular formula is C6H8. The Morgan fingerprint density at radius 3 is 2.67 bits per heavy atom. The van der Waals surface area contributed by atoms with Crippen LogP contribution < -0.4 is 0 Å². The highest BCUT2D eigenvalue weighted by atomic mass is 13.8. The van der Waals surface area contributed by atoms with E-state index < -0.39 is 0 Å². The van der Waals surface area contributed by atoms with Gasteiger partial charge in [-0.2, -0.15) is 0 Å². The normalized spacial score (nSPS) is 22.7. The van der Waals surface area contributed by atoms with Crippen molar-refractivity contribution in [2.45, 2.75) is 12.8 Å². The summed E-state index contributed by atoms with van der Waals surface area (Å²) in [7, 11) is 0. The van der Waals surface area contributed by atoms with E-state index >= 15 is 0 Å². The van der Waals surface area contributed by atoms with Crippen LogP contribution in [0.15, 0.2) is 24.3 Å². The van der Waals surface area contributed by atoms with Crippen LogP contribution in [0.25, 0.3) is 0 Å². The van der Waals surface area contributed by atoms with Gasteiger partial charge in [-0.15, -0.1) is 0 Å². The van der Waals surface area contributed by atoms with E-state index in [2.05, 4.69) is 6.08 Å². The second kappa shape index (κ2) is 1.81. The predicted octanol–water partition coefficient (Wildman–Crippen LogP) is 1.89. The Labute approximate surface area is 39.6 Å². The van der Waals surface area contributed by atoms with Crippen LogP contribution >= 0.6 is 0 Å². The van der Waals surface area contributed by atoms with Gasteiger partial charge in [0.15, 0.2) is 0 Å². The van der Waals surface area contributed by atoms with Gasteiger partial charge < -0.3 is 0 Å². The molecule has 0 amide bonds. The van der Waals surface area contributed by atoms with Crippen molar-refractivity contribution in [2.24, 2.45) is 0 Å². The van der Waals surface area contributed by atoms with E-state index in [-0.39, 0.29) is 0 Å². The minimum absolute atomic E-state index is 0.752. The van der Waals surface area contributed by atoms with Gasteiger partial charge in [0.2, 0.25) is 0 Å². The molecule has 6 heavy (non-hydrogen) atoms. The van der Waals surface area contributed by atoms with Crippen molar-refractivity contribution >= 4 is 0 Å². The highest BCUT2D eigenvalue weighted by molar-refractivity contribution is 5.07. The van der Waals surface area contributed by atoms with E-state index in [1.54, 1.807) is 0 Å². The summed E-state index contributed by atoms with van der Waals surface area (Å²) in [5.41, 5.74) is 0. The maximum Gasteiger partial charge on any atom is 0.0576 e. The van der Waals surface area contributed by atoms with Crippen molar-refractivity contribution in [1.82, 2.24) is 0 Å². The van der Waals surface area contributed by atoms with E-state index in [0.717, 1.165) is 18.9 Å². The van der Waals surface area contributed by atoms with Crippen LogP contribution in [0.1, 0.15) is 14.2 Å². The molecule has 0 spiro atoms. The molecule has 0 fully saturated rings. The fourth-order valence-corrected chi connectivity index (χ4v) is 0.482. The lowest BCUT2D eigenvalue weighted by Gasteiger charge is -1.88. The molecule has 0 aromatic heterocycles. The van der Waals surface area contributed by atoms with Crippen molar-refractivity contribution in [3.8, 4) is 0 Å². The summed E-state index contributed by atoms with van der Waals surface area (Å²) in [4.78, 5) is 0. The van der Waals surface area contributed by atoms with Crippen LogP contribution in [0.3, 0.4) is 0 Å². The third-order valence-corrected chi connectivity index (χ3v) is 0.806. The molecule has 0 unspecified atom stereocenters. The Balaban J connectivity index is 2.57. The molecule has 0 N–H and O–H groups in total. The van der Waals surface area contributed by atoms with Gasteiger partial charge in [-0.3, -0.25) is 0 Å². The van der Waals surface area contributed by atoms with Crippen LogP contribution in [0.4, 0.5) is 0 Å². The molecular weight excluding hydrogens is 72.1 g/mol. The first-order valence-corrected chi connectivity index (χ1v) is 2.22. The van der Waals surface area contributed by atoms with Gasteiger partial charge in [0.05, 0.1) is 1.37 Å². The molecule has 0 atom stereocenters. The molecule has 0 nitrogen and oxygen atoms in total. The maximum absolute atomic E-state index is 7.08. The Hall–Kier alpha value is -0.520. The highest BCUT2D eigenvalue weighted by Gasteiger charge is 1.77. The molecule has 1 aliphatic rings. The summed E-state index contributed by atoms with van der Waals surface area (Å²) in [5, 5.41) is 0. The Morgan fingerprint density at radius 2 is 2.33 bits per heavy atom. The van der Waals surface area contributed by atoms with Crippen molar-refractivity contribution in [3.05, 3.63) is 24.3 Å². The molecule has 0 saturated carbocycles. The largest absolute Gasteiger partial charge is 0.0842 e. The summed E-state index contributed by atoms with van der Waals surface area (Å²) in [6, 6.07) is 0.752. The summed E-state index contributed by atoms with van der Waals surface area (Å²) in [5.74, 6) is 0. The van der Waals surface area contributed by atoms with Crippen LogP contribution in [0.5, 0.6) is 0 Å². The zero-order valence-corrected chi connectivity index (χ0v) is 3.65. The summed E-state index contributed by atoms with van der Waals surface area (Å²) in [6.07, 6.45) is 7.83. The molecule has 0 radical (unpaired) electrons. The van der Waals surface area contributed by atoms with Crippen molar-refractivity contribution in [2.75, 3.05) is 0 Å².